The van der Waals surface area contributed by atoms with Gasteiger partial charge in [0, 0.05) is 12.2 Å². The molecule has 0 N–H and O–H groups in total. The highest BCUT2D eigenvalue weighted by atomic mass is 32.2. The Kier molecular flexibility index (Phi) is 5.43. The maximum Gasteiger partial charge on any atom is 0.341 e. The van der Waals surface area contributed by atoms with E-state index in [0.29, 0.717) is 12.2 Å². The molecule has 0 spiro atoms. The summed E-state index contributed by atoms with van der Waals surface area (Å²) in [5.41, 5.74) is 0.547. The molecule has 1 rings (SSSR count). The average Bonchev–Trinajstić information content (AvgIpc) is 2.44. The number of ether oxygens (including phenoxy) is 1. The Hall–Kier alpha value is -1.70. The Bertz CT molecular complexity index is 557. The summed E-state index contributed by atoms with van der Waals surface area (Å²) < 4.78 is 51.8. The van der Waals surface area contributed by atoms with Crippen molar-refractivity contribution in [2.45, 2.75) is 17.6 Å². The van der Waals surface area contributed by atoms with Crippen LogP contribution in [0.3, 0.4) is 0 Å². The van der Waals surface area contributed by atoms with Crippen molar-refractivity contribution in [3.63, 3.8) is 0 Å². The van der Waals surface area contributed by atoms with E-state index in [1.165, 1.54) is 19.2 Å². The van der Waals surface area contributed by atoms with E-state index in [1.807, 2.05) is 0 Å². The molecule has 0 fully saturated rings. The Morgan fingerprint density at radius 1 is 1.30 bits per heavy atom. The molecule has 1 aromatic rings. The second-order valence-electron chi connectivity index (χ2n) is 3.89. The number of rotatable bonds is 6. The number of sulfone groups is 1. The molecule has 0 unspecified atom stereocenters. The van der Waals surface area contributed by atoms with Crippen molar-refractivity contribution in [3.8, 4) is 0 Å². The fraction of sp³-hybridized carbons (Fsp3) is 0.417. The van der Waals surface area contributed by atoms with E-state index >= 15 is 0 Å². The maximum absolute atomic E-state index is 12.4. The summed E-state index contributed by atoms with van der Waals surface area (Å²) in [6, 6.07) is 4.94. The van der Waals surface area contributed by atoms with E-state index < -0.39 is 26.5 Å². The normalized spacial score (nSPS) is 11.4. The number of nitrogens with zero attached hydrogens (tertiary/aromatic N) is 1. The molecule has 0 bridgehead atoms. The van der Waals surface area contributed by atoms with Gasteiger partial charge < -0.3 is 9.64 Å². The predicted molar refractivity (Wildman–Crippen MR) is 69.5 cm³/mol. The molecular formula is C12H15F2NO4S. The number of halogens is 2. The van der Waals surface area contributed by atoms with Gasteiger partial charge in [-0.15, -0.1) is 0 Å². The lowest BCUT2D eigenvalue weighted by atomic mass is 10.3. The maximum atomic E-state index is 12.4. The standard InChI is InChI=1S/C12H15F2NO4S/c1-3-15(8-11(16)19-2)9-4-6-10(7-5-9)20(17,18)12(13)14/h4-7,12H,3,8H2,1-2H3. The van der Waals surface area contributed by atoms with Crippen LogP contribution in [-0.2, 0) is 19.4 Å². The molecule has 0 heterocycles. The van der Waals surface area contributed by atoms with Gasteiger partial charge in [-0.3, -0.25) is 4.79 Å². The third-order valence-corrected chi connectivity index (χ3v) is 4.09. The van der Waals surface area contributed by atoms with Gasteiger partial charge in [0.05, 0.1) is 12.0 Å². The Labute approximate surface area is 116 Å². The fourth-order valence-electron chi connectivity index (χ4n) is 1.56. The number of benzene rings is 1. The van der Waals surface area contributed by atoms with Crippen molar-refractivity contribution in [3.05, 3.63) is 24.3 Å². The van der Waals surface area contributed by atoms with Crippen LogP contribution in [0.25, 0.3) is 0 Å². The van der Waals surface area contributed by atoms with Crippen molar-refractivity contribution >= 4 is 21.5 Å². The molecule has 0 aromatic heterocycles. The summed E-state index contributed by atoms with van der Waals surface area (Å²) in [5.74, 6) is -3.90. The fourth-order valence-corrected chi connectivity index (χ4v) is 2.28. The van der Waals surface area contributed by atoms with Gasteiger partial charge in [-0.2, -0.15) is 8.78 Å². The molecule has 0 radical (unpaired) electrons. The van der Waals surface area contributed by atoms with Crippen molar-refractivity contribution < 1.29 is 26.7 Å². The minimum atomic E-state index is -4.60. The van der Waals surface area contributed by atoms with Crippen molar-refractivity contribution in [2.24, 2.45) is 0 Å². The third-order valence-electron chi connectivity index (χ3n) is 2.69. The zero-order valence-corrected chi connectivity index (χ0v) is 11.9. The first-order chi connectivity index (χ1) is 9.32. The van der Waals surface area contributed by atoms with E-state index in [4.69, 9.17) is 0 Å². The van der Waals surface area contributed by atoms with Crippen LogP contribution in [0.2, 0.25) is 0 Å². The lowest BCUT2D eigenvalue weighted by molar-refractivity contribution is -0.138. The van der Waals surface area contributed by atoms with Crippen LogP contribution in [0.1, 0.15) is 6.92 Å². The summed E-state index contributed by atoms with van der Waals surface area (Å²) in [6.45, 7) is 2.27. The zero-order chi connectivity index (χ0) is 15.3. The first kappa shape index (κ1) is 16.4. The molecule has 0 amide bonds. The van der Waals surface area contributed by atoms with Crippen LogP contribution in [0.4, 0.5) is 14.5 Å². The van der Waals surface area contributed by atoms with Crippen molar-refractivity contribution in [2.75, 3.05) is 25.1 Å². The van der Waals surface area contributed by atoms with E-state index in [-0.39, 0.29) is 6.54 Å². The molecule has 20 heavy (non-hydrogen) atoms. The Morgan fingerprint density at radius 2 is 1.85 bits per heavy atom. The monoisotopic (exact) mass is 307 g/mol. The van der Waals surface area contributed by atoms with Gasteiger partial charge in [0.15, 0.2) is 0 Å². The van der Waals surface area contributed by atoms with Crippen molar-refractivity contribution in [1.29, 1.82) is 0 Å². The molecular weight excluding hydrogens is 292 g/mol. The van der Waals surface area contributed by atoms with Gasteiger partial charge in [-0.05, 0) is 31.2 Å². The molecule has 5 nitrogen and oxygen atoms in total. The SMILES string of the molecule is CCN(CC(=O)OC)c1ccc(S(=O)(=O)C(F)F)cc1. The highest BCUT2D eigenvalue weighted by molar-refractivity contribution is 7.91. The number of likely N-dealkylation sites (N-methyl/N-ethyl adjacent to an activating group) is 1. The quantitative estimate of drug-likeness (QED) is 0.748. The molecule has 1 aromatic carbocycles. The molecule has 0 saturated heterocycles. The van der Waals surface area contributed by atoms with E-state index in [0.717, 1.165) is 12.1 Å². The molecule has 0 aliphatic carbocycles. The van der Waals surface area contributed by atoms with Crippen molar-refractivity contribution in [1.82, 2.24) is 0 Å². The smallest absolute Gasteiger partial charge is 0.341 e. The number of alkyl halides is 2. The highest BCUT2D eigenvalue weighted by Gasteiger charge is 2.26. The Morgan fingerprint density at radius 3 is 2.25 bits per heavy atom. The minimum absolute atomic E-state index is 0.00601. The Balaban J connectivity index is 2.98. The molecule has 0 saturated carbocycles. The number of esters is 1. The molecule has 0 aliphatic heterocycles. The van der Waals surface area contributed by atoms with E-state index in [1.54, 1.807) is 11.8 Å². The highest BCUT2D eigenvalue weighted by Crippen LogP contribution is 2.22. The molecule has 112 valence electrons. The summed E-state index contributed by atoms with van der Waals surface area (Å²) in [5, 5.41) is 0. The van der Waals surface area contributed by atoms with E-state index in [2.05, 4.69) is 4.74 Å². The number of hydrogen-bond acceptors (Lipinski definition) is 5. The van der Waals surface area contributed by atoms with Gasteiger partial charge in [0.25, 0.3) is 0 Å². The second kappa shape index (κ2) is 6.65. The summed E-state index contributed by atoms with van der Waals surface area (Å²) in [6.07, 6.45) is 0. The van der Waals surface area contributed by atoms with Crippen LogP contribution in [0, 0.1) is 0 Å². The third kappa shape index (κ3) is 3.66. The van der Waals surface area contributed by atoms with Gasteiger partial charge in [-0.1, -0.05) is 0 Å². The lowest BCUT2D eigenvalue weighted by Gasteiger charge is -2.21. The first-order valence-electron chi connectivity index (χ1n) is 5.76. The number of carbonyl (C=O) groups excluding carboxylic acids is 1. The van der Waals surface area contributed by atoms with Gasteiger partial charge in [0.2, 0.25) is 9.84 Å². The van der Waals surface area contributed by atoms with Gasteiger partial charge >= 0.3 is 11.7 Å². The zero-order valence-electron chi connectivity index (χ0n) is 11.0. The number of anilines is 1. The topological polar surface area (TPSA) is 63.7 Å². The lowest BCUT2D eigenvalue weighted by Crippen LogP contribution is -2.30. The van der Waals surface area contributed by atoms with Crippen LogP contribution >= 0.6 is 0 Å². The van der Waals surface area contributed by atoms with Crippen LogP contribution in [-0.4, -0.2) is 40.3 Å². The number of carbonyl (C=O) groups is 1. The summed E-state index contributed by atoms with van der Waals surface area (Å²) in [7, 11) is -3.34. The largest absolute Gasteiger partial charge is 0.468 e. The molecule has 0 atom stereocenters. The van der Waals surface area contributed by atoms with E-state index in [9.17, 15) is 22.0 Å². The summed E-state index contributed by atoms with van der Waals surface area (Å²) >= 11 is 0. The number of hydrogen-bond donors (Lipinski definition) is 0. The summed E-state index contributed by atoms with van der Waals surface area (Å²) in [4.78, 5) is 12.4. The average molecular weight is 307 g/mol. The molecule has 0 aliphatic rings. The van der Waals surface area contributed by atoms with Crippen LogP contribution < -0.4 is 4.90 Å². The van der Waals surface area contributed by atoms with Crippen LogP contribution in [0.15, 0.2) is 29.2 Å². The number of methoxy groups -OCH3 is 1. The van der Waals surface area contributed by atoms with Gasteiger partial charge in [0.1, 0.15) is 6.54 Å². The predicted octanol–water partition coefficient (Wildman–Crippen LogP) is 1.68. The van der Waals surface area contributed by atoms with Gasteiger partial charge in [-0.25, -0.2) is 8.42 Å². The van der Waals surface area contributed by atoms with Crippen LogP contribution in [0.5, 0.6) is 0 Å². The molecule has 8 heteroatoms. The second-order valence-corrected chi connectivity index (χ2v) is 5.81. The first-order valence-corrected chi connectivity index (χ1v) is 7.31. The minimum Gasteiger partial charge on any atom is -0.468 e.